The van der Waals surface area contributed by atoms with Crippen molar-refractivity contribution in [3.63, 3.8) is 0 Å². The maximum Gasteiger partial charge on any atom is 0.332 e. The van der Waals surface area contributed by atoms with E-state index in [1.807, 2.05) is 6.07 Å². The van der Waals surface area contributed by atoms with Crippen molar-refractivity contribution < 1.29 is 23.2 Å². The van der Waals surface area contributed by atoms with Gasteiger partial charge in [-0.25, -0.2) is 28.4 Å². The Balaban J connectivity index is 1.60. The fourth-order valence-electron chi connectivity index (χ4n) is 4.05. The molecule has 10 heteroatoms. The van der Waals surface area contributed by atoms with Gasteiger partial charge in [-0.15, -0.1) is 0 Å². The number of aromatic nitrogens is 2. The number of carbonyl (C=O) groups is 3. The Kier molecular flexibility index (Phi) is 7.25. The predicted octanol–water partition coefficient (Wildman–Crippen LogP) is 3.75. The molecular weight excluding hydrogens is 480 g/mol. The van der Waals surface area contributed by atoms with Gasteiger partial charge in [0.2, 0.25) is 12.3 Å². The van der Waals surface area contributed by atoms with Gasteiger partial charge in [0.1, 0.15) is 17.8 Å². The monoisotopic (exact) mass is 503 g/mol. The maximum absolute atomic E-state index is 15.1. The van der Waals surface area contributed by atoms with Crippen LogP contribution in [0.4, 0.5) is 25.1 Å². The molecule has 8 nitrogen and oxygen atoms in total. The number of anilines is 2. The second-order valence-electron chi connectivity index (χ2n) is 8.92. The molecule has 0 unspecified atom stereocenters. The lowest BCUT2D eigenvalue weighted by Crippen LogP contribution is -2.63. The Labute approximate surface area is 212 Å². The molecule has 0 radical (unpaired) electrons. The van der Waals surface area contributed by atoms with Crippen LogP contribution in [-0.2, 0) is 9.59 Å². The normalized spacial score (nSPS) is 14.7. The molecule has 1 aliphatic heterocycles. The molecule has 0 saturated carbocycles. The molecule has 4 rings (SSSR count). The van der Waals surface area contributed by atoms with Crippen molar-refractivity contribution in [3.8, 4) is 11.8 Å². The summed E-state index contributed by atoms with van der Waals surface area (Å²) in [5.74, 6) is 2.91. The van der Waals surface area contributed by atoms with Gasteiger partial charge < -0.3 is 4.90 Å². The molecule has 3 aromatic rings. The van der Waals surface area contributed by atoms with E-state index < -0.39 is 34.8 Å². The minimum atomic E-state index is -1.09. The Morgan fingerprint density at radius 2 is 1.73 bits per heavy atom. The molecule has 2 heterocycles. The lowest BCUT2D eigenvalue weighted by molar-refractivity contribution is -0.122. The first-order valence-corrected chi connectivity index (χ1v) is 11.4. The third-order valence-corrected chi connectivity index (χ3v) is 5.90. The average Bonchev–Trinajstić information content (AvgIpc) is 2.87. The van der Waals surface area contributed by atoms with Gasteiger partial charge in [-0.2, -0.15) is 0 Å². The van der Waals surface area contributed by atoms with Gasteiger partial charge in [-0.3, -0.25) is 14.5 Å². The molecule has 37 heavy (non-hydrogen) atoms. The molecule has 0 bridgehead atoms. The number of amides is 4. The maximum atomic E-state index is 15.1. The van der Waals surface area contributed by atoms with Crippen LogP contribution in [-0.4, -0.2) is 51.8 Å². The summed E-state index contributed by atoms with van der Waals surface area (Å²) in [5.41, 5.74) is -0.996. The van der Waals surface area contributed by atoms with Gasteiger partial charge in [0.05, 0.1) is 6.42 Å². The molecule has 0 atom stereocenters. The summed E-state index contributed by atoms with van der Waals surface area (Å²) < 4.78 is 30.3. The summed E-state index contributed by atoms with van der Waals surface area (Å²) >= 11 is 0. The first-order valence-electron chi connectivity index (χ1n) is 11.4. The first kappa shape index (κ1) is 25.4. The smallest absolute Gasteiger partial charge is 0.317 e. The molecule has 2 aromatic carbocycles. The Hall–Kier alpha value is -4.65. The minimum Gasteiger partial charge on any atom is -0.317 e. The van der Waals surface area contributed by atoms with E-state index in [0.29, 0.717) is 22.7 Å². The van der Waals surface area contributed by atoms with Crippen LogP contribution in [0.25, 0.3) is 0 Å². The fourth-order valence-corrected chi connectivity index (χ4v) is 4.05. The number of hydrogen-bond donors (Lipinski definition) is 0. The van der Waals surface area contributed by atoms with Gasteiger partial charge in [0, 0.05) is 36.0 Å². The van der Waals surface area contributed by atoms with Crippen LogP contribution < -0.4 is 9.80 Å². The van der Waals surface area contributed by atoms with Gasteiger partial charge in [0.25, 0.3) is 0 Å². The number of carbonyl (C=O) groups excluding carboxylic acids is 3. The number of nitrogens with zero attached hydrogens (tertiary/aromatic N) is 5. The van der Waals surface area contributed by atoms with Crippen molar-refractivity contribution in [2.75, 3.05) is 22.9 Å². The molecule has 0 aliphatic carbocycles. The molecule has 0 N–H and O–H groups in total. The van der Waals surface area contributed by atoms with Crippen molar-refractivity contribution >= 4 is 29.9 Å². The van der Waals surface area contributed by atoms with Crippen LogP contribution in [0.5, 0.6) is 0 Å². The van der Waals surface area contributed by atoms with E-state index in [-0.39, 0.29) is 25.1 Å². The lowest BCUT2D eigenvalue weighted by Gasteiger charge is -2.45. The SMILES string of the molecule is CC1(C)CC(=O)N(c2c(F)cc(C#Cc3ccccc3)cc2F)C(=O)N1CCN(C=O)c1ccncn1. The Morgan fingerprint density at radius 1 is 1.05 bits per heavy atom. The van der Waals surface area contributed by atoms with Crippen LogP contribution >= 0.6 is 0 Å². The third-order valence-electron chi connectivity index (χ3n) is 5.90. The topological polar surface area (TPSA) is 86.7 Å². The van der Waals surface area contributed by atoms with Crippen LogP contribution in [0.2, 0.25) is 0 Å². The lowest BCUT2D eigenvalue weighted by atomic mass is 9.94. The zero-order valence-corrected chi connectivity index (χ0v) is 20.2. The van der Waals surface area contributed by atoms with Gasteiger partial charge in [0.15, 0.2) is 11.6 Å². The van der Waals surface area contributed by atoms with E-state index in [1.165, 1.54) is 28.4 Å². The highest BCUT2D eigenvalue weighted by molar-refractivity contribution is 6.16. The minimum absolute atomic E-state index is 0.0117. The first-order chi connectivity index (χ1) is 17.7. The molecule has 1 aliphatic rings. The summed E-state index contributed by atoms with van der Waals surface area (Å²) in [6.45, 7) is 3.37. The summed E-state index contributed by atoms with van der Waals surface area (Å²) in [6.07, 6.45) is 3.12. The Bertz CT molecular complexity index is 1360. The van der Waals surface area contributed by atoms with Gasteiger partial charge in [-0.1, -0.05) is 30.0 Å². The Morgan fingerprint density at radius 3 is 2.35 bits per heavy atom. The molecule has 1 saturated heterocycles. The molecule has 1 fully saturated rings. The van der Waals surface area contributed by atoms with Crippen LogP contribution in [0, 0.1) is 23.5 Å². The zero-order chi connectivity index (χ0) is 26.6. The zero-order valence-electron chi connectivity index (χ0n) is 20.2. The van der Waals surface area contributed by atoms with E-state index in [1.54, 1.807) is 38.1 Å². The molecule has 0 spiro atoms. The summed E-state index contributed by atoms with van der Waals surface area (Å²) in [6, 6.07) is 11.5. The van der Waals surface area contributed by atoms with Crippen molar-refractivity contribution in [2.45, 2.75) is 25.8 Å². The number of urea groups is 1. The second-order valence-corrected chi connectivity index (χ2v) is 8.92. The highest BCUT2D eigenvalue weighted by atomic mass is 19.1. The van der Waals surface area contributed by atoms with E-state index in [0.717, 1.165) is 12.1 Å². The van der Waals surface area contributed by atoms with E-state index in [2.05, 4.69) is 21.8 Å². The van der Waals surface area contributed by atoms with Crippen molar-refractivity contribution in [1.82, 2.24) is 14.9 Å². The summed E-state index contributed by atoms with van der Waals surface area (Å²) in [4.78, 5) is 48.9. The highest BCUT2D eigenvalue weighted by Crippen LogP contribution is 2.34. The molecular formula is C27H23F2N5O3. The van der Waals surface area contributed by atoms with Crippen LogP contribution in [0.15, 0.2) is 61.1 Å². The van der Waals surface area contributed by atoms with Crippen LogP contribution in [0.1, 0.15) is 31.4 Å². The average molecular weight is 504 g/mol. The number of halogens is 2. The quantitative estimate of drug-likeness (QED) is 0.378. The van der Waals surface area contributed by atoms with E-state index in [9.17, 15) is 14.4 Å². The second kappa shape index (κ2) is 10.5. The molecule has 1 aromatic heterocycles. The van der Waals surface area contributed by atoms with Gasteiger partial charge >= 0.3 is 6.03 Å². The summed E-state index contributed by atoms with van der Waals surface area (Å²) in [7, 11) is 0. The van der Waals surface area contributed by atoms with Crippen LogP contribution in [0.3, 0.4) is 0 Å². The summed E-state index contributed by atoms with van der Waals surface area (Å²) in [5, 5.41) is 0. The number of imide groups is 1. The van der Waals surface area contributed by atoms with Crippen molar-refractivity contribution in [2.24, 2.45) is 0 Å². The number of rotatable bonds is 6. The molecule has 4 amide bonds. The number of hydrogen-bond acceptors (Lipinski definition) is 5. The van der Waals surface area contributed by atoms with Crippen molar-refractivity contribution in [3.05, 3.63) is 83.8 Å². The van der Waals surface area contributed by atoms with Gasteiger partial charge in [-0.05, 0) is 44.2 Å². The largest absolute Gasteiger partial charge is 0.332 e. The standard InChI is InChI=1S/C27H23F2N5O3/c1-27(2)16-24(36)34(26(37)33(27)13-12-32(18-35)23-10-11-30-17-31-23)25-21(28)14-20(15-22(25)29)9-8-19-6-4-3-5-7-19/h3-7,10-11,14-15,17-18H,12-13,16H2,1-2H3. The third kappa shape index (κ3) is 5.46. The molecule has 188 valence electrons. The predicted molar refractivity (Wildman–Crippen MR) is 133 cm³/mol. The van der Waals surface area contributed by atoms with Crippen molar-refractivity contribution in [1.29, 1.82) is 0 Å². The number of benzene rings is 2. The highest BCUT2D eigenvalue weighted by Gasteiger charge is 2.46. The van der Waals surface area contributed by atoms with E-state index in [4.69, 9.17) is 0 Å². The fraction of sp³-hybridized carbons (Fsp3) is 0.222. The van der Waals surface area contributed by atoms with E-state index >= 15 is 8.78 Å².